The van der Waals surface area contributed by atoms with Crippen molar-refractivity contribution in [1.82, 2.24) is 24.4 Å². The van der Waals surface area contributed by atoms with Crippen molar-refractivity contribution in [3.8, 4) is 0 Å². The van der Waals surface area contributed by atoms with Crippen LogP contribution in [0.4, 0.5) is 8.78 Å². The van der Waals surface area contributed by atoms with Crippen molar-refractivity contribution in [1.29, 1.82) is 0 Å². The third-order valence-corrected chi connectivity index (χ3v) is 12.8. The standard InChI is InChI=1S/C28H41F2N5O5S/c29-28(30)7-5-17(6-8-28)14-31-19-9-21-1-2-22(10-19)34(21)41(37,38)35-23-3-4-24(35)12-20(11-23)32-27(36)25-13-26(40-33-25)18-15-39-16-18/h13,17-24,31H,1-12,14-16H2,(H,32,36). The summed E-state index contributed by atoms with van der Waals surface area (Å²) in [6.45, 7) is 1.89. The number of piperidine rings is 2. The third-order valence-electron chi connectivity index (χ3n) is 10.5. The number of rotatable bonds is 8. The number of amides is 1. The largest absolute Gasteiger partial charge is 0.380 e. The van der Waals surface area contributed by atoms with Gasteiger partial charge < -0.3 is 19.9 Å². The van der Waals surface area contributed by atoms with E-state index in [1.165, 1.54) is 0 Å². The fourth-order valence-electron chi connectivity index (χ4n) is 8.30. The molecule has 5 saturated heterocycles. The number of fused-ring (bicyclic) bond motifs is 4. The Morgan fingerprint density at radius 3 is 2.02 bits per heavy atom. The molecule has 6 aliphatic rings. The number of halogens is 2. The second kappa shape index (κ2) is 10.8. The van der Waals surface area contributed by atoms with Gasteiger partial charge in [0.1, 0.15) is 5.76 Å². The van der Waals surface area contributed by atoms with Gasteiger partial charge in [-0.2, -0.15) is 17.0 Å². The molecule has 228 valence electrons. The van der Waals surface area contributed by atoms with Crippen LogP contribution in [-0.2, 0) is 14.9 Å². The molecule has 0 spiro atoms. The first-order valence-electron chi connectivity index (χ1n) is 15.4. The quantitative estimate of drug-likeness (QED) is 0.473. The normalized spacial score (nSPS) is 36.3. The van der Waals surface area contributed by atoms with Crippen molar-refractivity contribution in [3.05, 3.63) is 17.5 Å². The monoisotopic (exact) mass is 597 g/mol. The highest BCUT2D eigenvalue weighted by atomic mass is 32.2. The Balaban J connectivity index is 0.944. The molecule has 41 heavy (non-hydrogen) atoms. The highest BCUT2D eigenvalue weighted by Gasteiger charge is 2.54. The third kappa shape index (κ3) is 5.45. The lowest BCUT2D eigenvalue weighted by Gasteiger charge is -2.45. The van der Waals surface area contributed by atoms with Gasteiger partial charge in [0.25, 0.3) is 16.1 Å². The number of alkyl halides is 2. The zero-order valence-corrected chi connectivity index (χ0v) is 24.2. The first-order chi connectivity index (χ1) is 19.7. The lowest BCUT2D eigenvalue weighted by Crippen LogP contribution is -2.60. The van der Waals surface area contributed by atoms with E-state index in [1.54, 1.807) is 14.7 Å². The molecule has 1 saturated carbocycles. The highest BCUT2D eigenvalue weighted by Crippen LogP contribution is 2.45. The Morgan fingerprint density at radius 1 is 0.927 bits per heavy atom. The van der Waals surface area contributed by atoms with Gasteiger partial charge in [-0.1, -0.05) is 5.16 Å². The Kier molecular flexibility index (Phi) is 7.41. The van der Waals surface area contributed by atoms with Crippen molar-refractivity contribution in [3.63, 3.8) is 0 Å². The van der Waals surface area contributed by atoms with E-state index in [0.29, 0.717) is 44.7 Å². The minimum atomic E-state index is -3.63. The summed E-state index contributed by atoms with van der Waals surface area (Å²) >= 11 is 0. The first-order valence-corrected chi connectivity index (χ1v) is 16.8. The van der Waals surface area contributed by atoms with Crippen molar-refractivity contribution in [2.24, 2.45) is 5.92 Å². The molecule has 1 amide bonds. The Bertz CT molecular complexity index is 1200. The lowest BCUT2D eigenvalue weighted by molar-refractivity contribution is -0.0458. The molecular formula is C28H41F2N5O5S. The zero-order valence-electron chi connectivity index (χ0n) is 23.3. The molecule has 7 rings (SSSR count). The van der Waals surface area contributed by atoms with Crippen LogP contribution in [0.5, 0.6) is 0 Å². The van der Waals surface area contributed by atoms with Crippen LogP contribution in [0.15, 0.2) is 10.6 Å². The van der Waals surface area contributed by atoms with Gasteiger partial charge >= 0.3 is 0 Å². The minimum Gasteiger partial charge on any atom is -0.380 e. The Morgan fingerprint density at radius 2 is 1.49 bits per heavy atom. The second-order valence-corrected chi connectivity index (χ2v) is 15.0. The van der Waals surface area contributed by atoms with Crippen LogP contribution in [0, 0.1) is 5.92 Å². The summed E-state index contributed by atoms with van der Waals surface area (Å²) in [6.07, 6.45) is 7.12. The van der Waals surface area contributed by atoms with Gasteiger partial charge in [-0.05, 0) is 76.7 Å². The molecule has 13 heteroatoms. The van der Waals surface area contributed by atoms with Crippen molar-refractivity contribution in [2.45, 2.75) is 125 Å². The maximum Gasteiger partial charge on any atom is 0.283 e. The van der Waals surface area contributed by atoms with E-state index in [1.807, 2.05) is 0 Å². The van der Waals surface area contributed by atoms with Crippen LogP contribution in [0.2, 0.25) is 0 Å². The molecule has 0 aromatic carbocycles. The molecule has 2 N–H and O–H groups in total. The van der Waals surface area contributed by atoms with Gasteiger partial charge in [-0.15, -0.1) is 0 Å². The van der Waals surface area contributed by atoms with Crippen molar-refractivity contribution >= 4 is 16.1 Å². The molecule has 6 fully saturated rings. The van der Waals surface area contributed by atoms with E-state index in [2.05, 4.69) is 15.8 Å². The summed E-state index contributed by atoms with van der Waals surface area (Å²) in [5.41, 5.74) is 0.253. The molecule has 0 radical (unpaired) electrons. The number of ether oxygens (including phenoxy) is 1. The lowest BCUT2D eigenvalue weighted by atomic mass is 9.86. The first kappa shape index (κ1) is 28.1. The Hall–Kier alpha value is -1.67. The summed E-state index contributed by atoms with van der Waals surface area (Å²) < 4.78 is 69.4. The summed E-state index contributed by atoms with van der Waals surface area (Å²) in [5, 5.41) is 10.6. The predicted molar refractivity (Wildman–Crippen MR) is 145 cm³/mol. The topological polar surface area (TPSA) is 117 Å². The van der Waals surface area contributed by atoms with Gasteiger partial charge in [-0.25, -0.2) is 8.78 Å². The van der Waals surface area contributed by atoms with Crippen LogP contribution in [0.1, 0.15) is 99.2 Å². The molecule has 1 aromatic rings. The number of hydrogen-bond acceptors (Lipinski definition) is 7. The molecule has 5 aliphatic heterocycles. The maximum absolute atomic E-state index is 14.1. The van der Waals surface area contributed by atoms with Crippen LogP contribution in [0.3, 0.4) is 0 Å². The van der Waals surface area contributed by atoms with E-state index in [0.717, 1.165) is 45.1 Å². The van der Waals surface area contributed by atoms with Crippen LogP contribution >= 0.6 is 0 Å². The van der Waals surface area contributed by atoms with E-state index in [9.17, 15) is 22.0 Å². The van der Waals surface area contributed by atoms with Crippen LogP contribution in [-0.4, -0.2) is 90.0 Å². The fraction of sp³-hybridized carbons (Fsp3) is 0.857. The van der Waals surface area contributed by atoms with E-state index in [4.69, 9.17) is 9.26 Å². The maximum atomic E-state index is 14.1. The smallest absolute Gasteiger partial charge is 0.283 e. The number of carbonyl (C=O) groups is 1. The van der Waals surface area contributed by atoms with Crippen LogP contribution in [0.25, 0.3) is 0 Å². The van der Waals surface area contributed by atoms with Gasteiger partial charge in [0, 0.05) is 55.2 Å². The highest BCUT2D eigenvalue weighted by molar-refractivity contribution is 7.86. The SMILES string of the molecule is O=C(NC1CC2CCC(C1)N2S(=O)(=O)N1C2CCC1CC(NCC1CCC(F)(F)CC1)C2)c1cc(C2COC2)on1. The molecule has 4 atom stereocenters. The molecule has 1 aliphatic carbocycles. The Labute approximate surface area is 240 Å². The molecule has 4 unspecified atom stereocenters. The average molecular weight is 598 g/mol. The average Bonchev–Trinajstić information content (AvgIpc) is 3.56. The summed E-state index contributed by atoms with van der Waals surface area (Å²) in [5.74, 6) is -1.71. The van der Waals surface area contributed by atoms with Gasteiger partial charge in [-0.3, -0.25) is 4.79 Å². The van der Waals surface area contributed by atoms with Crippen LogP contribution < -0.4 is 10.6 Å². The van der Waals surface area contributed by atoms with E-state index < -0.39 is 16.1 Å². The van der Waals surface area contributed by atoms with Crippen molar-refractivity contribution in [2.75, 3.05) is 19.8 Å². The summed E-state index contributed by atoms with van der Waals surface area (Å²) in [6, 6.07) is 1.52. The molecule has 10 nitrogen and oxygen atoms in total. The predicted octanol–water partition coefficient (Wildman–Crippen LogP) is 3.17. The second-order valence-electron chi connectivity index (χ2n) is 13.3. The number of aromatic nitrogens is 1. The van der Waals surface area contributed by atoms with Gasteiger partial charge in [0.05, 0.1) is 19.1 Å². The fourth-order valence-corrected chi connectivity index (χ4v) is 10.8. The molecule has 1 aromatic heterocycles. The van der Waals surface area contributed by atoms with Crippen molar-refractivity contribution < 1.29 is 31.3 Å². The number of nitrogens with zero attached hydrogens (tertiary/aromatic N) is 3. The number of hydrogen-bond donors (Lipinski definition) is 2. The summed E-state index contributed by atoms with van der Waals surface area (Å²) in [4.78, 5) is 12.9. The summed E-state index contributed by atoms with van der Waals surface area (Å²) in [7, 11) is -3.63. The zero-order chi connectivity index (χ0) is 28.4. The van der Waals surface area contributed by atoms with Gasteiger partial charge in [0.15, 0.2) is 5.69 Å². The minimum absolute atomic E-state index is 0.0220. The number of nitrogens with one attached hydrogen (secondary N) is 2. The van der Waals surface area contributed by atoms with E-state index >= 15 is 0 Å². The number of carbonyl (C=O) groups excluding carboxylic acids is 1. The molecule has 4 bridgehead atoms. The molecular weight excluding hydrogens is 556 g/mol. The molecule has 6 heterocycles. The van der Waals surface area contributed by atoms with E-state index in [-0.39, 0.29) is 72.5 Å². The van der Waals surface area contributed by atoms with Gasteiger partial charge in [0.2, 0.25) is 5.92 Å².